The average Bonchev–Trinajstić information content (AvgIpc) is 2.30. The standard InChI is InChI=1S/C11H19BrO3/c1-13-8-4-6-14-10(7-8)11-9(12)3-2-5-15-11/h8-11H,2-7H2,1H3. The number of alkyl halides is 1. The van der Waals surface area contributed by atoms with Gasteiger partial charge < -0.3 is 14.2 Å². The van der Waals surface area contributed by atoms with Crippen molar-refractivity contribution in [1.82, 2.24) is 0 Å². The lowest BCUT2D eigenvalue weighted by atomic mass is 9.96. The van der Waals surface area contributed by atoms with E-state index in [0.29, 0.717) is 10.9 Å². The molecule has 2 saturated heterocycles. The highest BCUT2D eigenvalue weighted by molar-refractivity contribution is 9.09. The highest BCUT2D eigenvalue weighted by Gasteiger charge is 2.35. The van der Waals surface area contributed by atoms with Crippen molar-refractivity contribution < 1.29 is 14.2 Å². The molecule has 2 heterocycles. The van der Waals surface area contributed by atoms with Crippen LogP contribution in [0.25, 0.3) is 0 Å². The van der Waals surface area contributed by atoms with Crippen molar-refractivity contribution >= 4 is 15.9 Å². The smallest absolute Gasteiger partial charge is 0.0962 e. The van der Waals surface area contributed by atoms with Gasteiger partial charge in [0.2, 0.25) is 0 Å². The fourth-order valence-electron chi connectivity index (χ4n) is 2.35. The quantitative estimate of drug-likeness (QED) is 0.725. The van der Waals surface area contributed by atoms with Gasteiger partial charge in [-0.1, -0.05) is 15.9 Å². The molecule has 0 amide bonds. The normalized spacial score (nSPS) is 42.8. The first kappa shape index (κ1) is 11.8. The summed E-state index contributed by atoms with van der Waals surface area (Å²) in [7, 11) is 1.78. The Kier molecular flexibility index (Phi) is 4.43. The van der Waals surface area contributed by atoms with Gasteiger partial charge in [0.1, 0.15) is 0 Å². The SMILES string of the molecule is COC1CCOC(C2OCCCC2Br)C1. The first-order valence-corrected chi connectivity index (χ1v) is 6.63. The molecule has 0 saturated carbocycles. The summed E-state index contributed by atoms with van der Waals surface area (Å²) < 4.78 is 17.0. The van der Waals surface area contributed by atoms with Crippen molar-refractivity contribution in [3.63, 3.8) is 0 Å². The van der Waals surface area contributed by atoms with Gasteiger partial charge in [-0.15, -0.1) is 0 Å². The Hall–Kier alpha value is 0.360. The van der Waals surface area contributed by atoms with Crippen molar-refractivity contribution in [2.75, 3.05) is 20.3 Å². The maximum absolute atomic E-state index is 5.80. The second-order valence-electron chi connectivity index (χ2n) is 4.28. The van der Waals surface area contributed by atoms with Gasteiger partial charge in [-0.25, -0.2) is 0 Å². The van der Waals surface area contributed by atoms with E-state index in [2.05, 4.69) is 15.9 Å². The molecule has 0 aliphatic carbocycles. The van der Waals surface area contributed by atoms with Gasteiger partial charge >= 0.3 is 0 Å². The van der Waals surface area contributed by atoms with Crippen LogP contribution in [0.4, 0.5) is 0 Å². The summed E-state index contributed by atoms with van der Waals surface area (Å²) in [4.78, 5) is 0.437. The number of rotatable bonds is 2. The van der Waals surface area contributed by atoms with Crippen LogP contribution in [0, 0.1) is 0 Å². The minimum absolute atomic E-state index is 0.202. The van der Waals surface area contributed by atoms with Crippen LogP contribution in [0.2, 0.25) is 0 Å². The molecule has 2 aliphatic rings. The second-order valence-corrected chi connectivity index (χ2v) is 5.46. The molecule has 0 aromatic heterocycles. The summed E-state index contributed by atoms with van der Waals surface area (Å²) >= 11 is 3.69. The van der Waals surface area contributed by atoms with Crippen LogP contribution in [-0.4, -0.2) is 43.5 Å². The molecule has 2 aliphatic heterocycles. The zero-order valence-electron chi connectivity index (χ0n) is 9.15. The molecule has 0 N–H and O–H groups in total. The largest absolute Gasteiger partial charge is 0.381 e. The topological polar surface area (TPSA) is 27.7 Å². The lowest BCUT2D eigenvalue weighted by Gasteiger charge is -2.38. The zero-order valence-corrected chi connectivity index (χ0v) is 10.7. The highest BCUT2D eigenvalue weighted by Crippen LogP contribution is 2.29. The second kappa shape index (κ2) is 5.62. The molecule has 0 aromatic rings. The van der Waals surface area contributed by atoms with Crippen molar-refractivity contribution in [2.45, 2.75) is 48.8 Å². The third-order valence-corrected chi connectivity index (χ3v) is 4.24. The predicted molar refractivity (Wildman–Crippen MR) is 61.5 cm³/mol. The van der Waals surface area contributed by atoms with Crippen molar-refractivity contribution in [2.24, 2.45) is 0 Å². The minimum atomic E-state index is 0.202. The van der Waals surface area contributed by atoms with Crippen LogP contribution >= 0.6 is 15.9 Å². The Morgan fingerprint density at radius 2 is 2.07 bits per heavy atom. The van der Waals surface area contributed by atoms with Gasteiger partial charge in [0.15, 0.2) is 0 Å². The monoisotopic (exact) mass is 278 g/mol. The average molecular weight is 279 g/mol. The van der Waals surface area contributed by atoms with Crippen LogP contribution in [0.15, 0.2) is 0 Å². The van der Waals surface area contributed by atoms with Crippen molar-refractivity contribution in [3.05, 3.63) is 0 Å². The molecule has 2 fully saturated rings. The van der Waals surface area contributed by atoms with Gasteiger partial charge in [-0.3, -0.25) is 0 Å². The first-order valence-electron chi connectivity index (χ1n) is 5.71. The summed E-state index contributed by atoms with van der Waals surface area (Å²) in [5.41, 5.74) is 0. The first-order chi connectivity index (χ1) is 7.31. The van der Waals surface area contributed by atoms with Crippen LogP contribution in [0.3, 0.4) is 0 Å². The molecule has 4 unspecified atom stereocenters. The maximum atomic E-state index is 5.80. The van der Waals surface area contributed by atoms with Gasteiger partial charge in [-0.2, -0.15) is 0 Å². The third kappa shape index (κ3) is 2.93. The molecule has 3 nitrogen and oxygen atoms in total. The van der Waals surface area contributed by atoms with E-state index in [1.807, 2.05) is 0 Å². The van der Waals surface area contributed by atoms with Crippen LogP contribution in [0.5, 0.6) is 0 Å². The molecular weight excluding hydrogens is 260 g/mol. The Morgan fingerprint density at radius 1 is 1.20 bits per heavy atom. The highest BCUT2D eigenvalue weighted by atomic mass is 79.9. The van der Waals surface area contributed by atoms with E-state index >= 15 is 0 Å². The summed E-state index contributed by atoms with van der Waals surface area (Å²) in [6.45, 7) is 1.66. The molecule has 15 heavy (non-hydrogen) atoms. The lowest BCUT2D eigenvalue weighted by molar-refractivity contribution is -0.132. The Morgan fingerprint density at radius 3 is 2.80 bits per heavy atom. The molecule has 4 atom stereocenters. The molecule has 0 radical (unpaired) electrons. The fourth-order valence-corrected chi connectivity index (χ4v) is 3.16. The van der Waals surface area contributed by atoms with E-state index in [1.165, 1.54) is 6.42 Å². The Bertz CT molecular complexity index is 200. The lowest BCUT2D eigenvalue weighted by Crippen LogP contribution is -2.46. The van der Waals surface area contributed by atoms with Gasteiger partial charge in [0.05, 0.1) is 18.3 Å². The summed E-state index contributed by atoms with van der Waals surface area (Å²) in [6.07, 6.45) is 5.05. The molecule has 4 heteroatoms. The number of hydrogen-bond acceptors (Lipinski definition) is 3. The van der Waals surface area contributed by atoms with Crippen LogP contribution < -0.4 is 0 Å². The Labute approximate surface area is 99.6 Å². The minimum Gasteiger partial charge on any atom is -0.381 e. The third-order valence-electron chi connectivity index (χ3n) is 3.26. The Balaban J connectivity index is 1.90. The molecule has 88 valence electrons. The summed E-state index contributed by atoms with van der Waals surface area (Å²) in [5, 5.41) is 0. The molecule has 0 aromatic carbocycles. The number of halogens is 1. The van der Waals surface area contributed by atoms with E-state index in [-0.39, 0.29) is 12.2 Å². The van der Waals surface area contributed by atoms with Crippen LogP contribution in [-0.2, 0) is 14.2 Å². The maximum Gasteiger partial charge on any atom is 0.0962 e. The molecular formula is C11H19BrO3. The summed E-state index contributed by atoms with van der Waals surface area (Å²) in [6, 6.07) is 0. The number of ether oxygens (including phenoxy) is 3. The fraction of sp³-hybridized carbons (Fsp3) is 1.00. The van der Waals surface area contributed by atoms with Crippen molar-refractivity contribution in [3.8, 4) is 0 Å². The van der Waals surface area contributed by atoms with E-state index in [1.54, 1.807) is 7.11 Å². The molecule has 0 spiro atoms. The van der Waals surface area contributed by atoms with Crippen molar-refractivity contribution in [1.29, 1.82) is 0 Å². The predicted octanol–water partition coefficient (Wildman–Crippen LogP) is 2.12. The number of methoxy groups -OCH3 is 1. The zero-order chi connectivity index (χ0) is 10.7. The summed E-state index contributed by atoms with van der Waals surface area (Å²) in [5.74, 6) is 0. The van der Waals surface area contributed by atoms with E-state index in [4.69, 9.17) is 14.2 Å². The molecule has 2 rings (SSSR count). The van der Waals surface area contributed by atoms with E-state index < -0.39 is 0 Å². The van der Waals surface area contributed by atoms with Crippen LogP contribution in [0.1, 0.15) is 25.7 Å². The van der Waals surface area contributed by atoms with E-state index in [0.717, 1.165) is 32.5 Å². The molecule has 0 bridgehead atoms. The van der Waals surface area contributed by atoms with E-state index in [9.17, 15) is 0 Å². The van der Waals surface area contributed by atoms with Gasteiger partial charge in [0.25, 0.3) is 0 Å². The van der Waals surface area contributed by atoms with Gasteiger partial charge in [-0.05, 0) is 19.3 Å². The van der Waals surface area contributed by atoms with Gasteiger partial charge in [0, 0.05) is 31.6 Å². The number of hydrogen-bond donors (Lipinski definition) is 0.